The standard InChI is InChI=1S/C11H22N4O2S.HI/c1-3-6-13-11(12)14-9-10-4-7-15(8-5-10)18(2,16)17;/h3,10H,1,4-9H2,2H3,(H3,12,13,14);1H. The molecule has 0 aromatic carbocycles. The molecule has 8 heteroatoms. The zero-order valence-corrected chi connectivity index (χ0v) is 14.4. The highest BCUT2D eigenvalue weighted by Crippen LogP contribution is 2.19. The predicted octanol–water partition coefficient (Wildman–Crippen LogP) is 0.366. The molecule has 0 radical (unpaired) electrons. The van der Waals surface area contributed by atoms with Gasteiger partial charge in [-0.25, -0.2) is 12.7 Å². The van der Waals surface area contributed by atoms with Gasteiger partial charge in [0.25, 0.3) is 0 Å². The average molecular weight is 402 g/mol. The van der Waals surface area contributed by atoms with E-state index in [4.69, 9.17) is 5.73 Å². The lowest BCUT2D eigenvalue weighted by molar-refractivity contribution is 0.280. The normalized spacial score (nSPS) is 18.7. The Balaban J connectivity index is 0.00000324. The predicted molar refractivity (Wildman–Crippen MR) is 89.2 cm³/mol. The minimum atomic E-state index is -3.04. The molecular formula is C11H23IN4O2S. The first-order chi connectivity index (χ1) is 8.43. The molecule has 112 valence electrons. The van der Waals surface area contributed by atoms with E-state index in [-0.39, 0.29) is 24.0 Å². The van der Waals surface area contributed by atoms with Gasteiger partial charge in [-0.3, -0.25) is 4.99 Å². The van der Waals surface area contributed by atoms with Gasteiger partial charge in [-0.1, -0.05) is 6.08 Å². The Morgan fingerprint density at radius 2 is 2.11 bits per heavy atom. The number of hydrogen-bond donors (Lipinski definition) is 2. The third-order valence-corrected chi connectivity index (χ3v) is 4.29. The first-order valence-corrected chi connectivity index (χ1v) is 7.88. The number of rotatable bonds is 5. The number of piperidine rings is 1. The Labute approximate surface area is 132 Å². The lowest BCUT2D eigenvalue weighted by atomic mass is 9.98. The zero-order valence-electron chi connectivity index (χ0n) is 11.2. The maximum absolute atomic E-state index is 11.3. The summed E-state index contributed by atoms with van der Waals surface area (Å²) in [7, 11) is -3.04. The van der Waals surface area contributed by atoms with E-state index < -0.39 is 10.0 Å². The summed E-state index contributed by atoms with van der Waals surface area (Å²) >= 11 is 0. The summed E-state index contributed by atoms with van der Waals surface area (Å²) in [5, 5.41) is 2.91. The Kier molecular flexibility index (Phi) is 8.59. The van der Waals surface area contributed by atoms with E-state index in [0.717, 1.165) is 12.8 Å². The fraction of sp³-hybridized carbons (Fsp3) is 0.727. The van der Waals surface area contributed by atoms with E-state index in [0.29, 0.717) is 38.1 Å². The second kappa shape index (κ2) is 8.75. The molecule has 3 N–H and O–H groups in total. The van der Waals surface area contributed by atoms with Gasteiger partial charge in [0.1, 0.15) is 0 Å². The Bertz CT molecular complexity index is 403. The van der Waals surface area contributed by atoms with Crippen LogP contribution in [0.15, 0.2) is 17.6 Å². The summed E-state index contributed by atoms with van der Waals surface area (Å²) in [4.78, 5) is 4.24. The molecular weight excluding hydrogens is 379 g/mol. The summed E-state index contributed by atoms with van der Waals surface area (Å²) in [5.74, 6) is 0.826. The summed E-state index contributed by atoms with van der Waals surface area (Å²) < 4.78 is 24.2. The van der Waals surface area contributed by atoms with E-state index in [1.54, 1.807) is 6.08 Å². The maximum atomic E-state index is 11.3. The first-order valence-electron chi connectivity index (χ1n) is 6.03. The van der Waals surface area contributed by atoms with Crippen LogP contribution < -0.4 is 11.1 Å². The molecule has 6 nitrogen and oxygen atoms in total. The van der Waals surface area contributed by atoms with Crippen LogP contribution in [-0.4, -0.2) is 51.1 Å². The van der Waals surface area contributed by atoms with E-state index in [1.807, 2.05) is 0 Å². The van der Waals surface area contributed by atoms with Crippen LogP contribution in [0.4, 0.5) is 0 Å². The highest BCUT2D eigenvalue weighted by atomic mass is 127. The monoisotopic (exact) mass is 402 g/mol. The molecule has 0 atom stereocenters. The van der Waals surface area contributed by atoms with Crippen molar-refractivity contribution in [3.05, 3.63) is 12.7 Å². The second-order valence-electron chi connectivity index (χ2n) is 4.50. The minimum absolute atomic E-state index is 0. The second-order valence-corrected chi connectivity index (χ2v) is 6.48. The third kappa shape index (κ3) is 7.11. The number of nitrogens with one attached hydrogen (secondary N) is 1. The van der Waals surface area contributed by atoms with Crippen molar-refractivity contribution in [2.24, 2.45) is 16.6 Å². The van der Waals surface area contributed by atoms with Gasteiger partial charge in [-0.15, -0.1) is 30.6 Å². The molecule has 0 saturated carbocycles. The number of hydrogen-bond acceptors (Lipinski definition) is 3. The first kappa shape index (κ1) is 18.7. The van der Waals surface area contributed by atoms with Crippen LogP contribution in [0.25, 0.3) is 0 Å². The smallest absolute Gasteiger partial charge is 0.211 e. The van der Waals surface area contributed by atoms with Crippen molar-refractivity contribution in [3.63, 3.8) is 0 Å². The van der Waals surface area contributed by atoms with E-state index in [2.05, 4.69) is 16.9 Å². The van der Waals surface area contributed by atoms with Gasteiger partial charge in [0.05, 0.1) is 6.26 Å². The summed E-state index contributed by atoms with van der Waals surface area (Å²) in [6.45, 7) is 5.99. The van der Waals surface area contributed by atoms with Gasteiger partial charge in [-0.2, -0.15) is 0 Å². The lowest BCUT2D eigenvalue weighted by Gasteiger charge is -2.29. The van der Waals surface area contributed by atoms with Crippen molar-refractivity contribution in [1.29, 1.82) is 0 Å². The van der Waals surface area contributed by atoms with Gasteiger partial charge in [-0.05, 0) is 18.8 Å². The fourth-order valence-corrected chi connectivity index (χ4v) is 2.76. The molecule has 0 unspecified atom stereocenters. The molecule has 1 aliphatic rings. The molecule has 0 amide bonds. The molecule has 1 saturated heterocycles. The number of halogens is 1. The topological polar surface area (TPSA) is 87.8 Å². The molecule has 0 aliphatic carbocycles. The number of aliphatic imine (C=N–C) groups is 1. The van der Waals surface area contributed by atoms with Crippen molar-refractivity contribution in [1.82, 2.24) is 9.62 Å². The highest BCUT2D eigenvalue weighted by molar-refractivity contribution is 14.0. The average Bonchev–Trinajstić information content (AvgIpc) is 2.33. The molecule has 1 aliphatic heterocycles. The van der Waals surface area contributed by atoms with Crippen LogP contribution in [0, 0.1) is 5.92 Å². The van der Waals surface area contributed by atoms with Crippen molar-refractivity contribution < 1.29 is 8.42 Å². The van der Waals surface area contributed by atoms with Crippen LogP contribution in [0.3, 0.4) is 0 Å². The van der Waals surface area contributed by atoms with Gasteiger partial charge in [0.2, 0.25) is 10.0 Å². The Morgan fingerprint density at radius 1 is 1.53 bits per heavy atom. The van der Waals surface area contributed by atoms with Crippen molar-refractivity contribution in [2.75, 3.05) is 32.4 Å². The van der Waals surface area contributed by atoms with Gasteiger partial charge >= 0.3 is 0 Å². The summed E-state index contributed by atoms with van der Waals surface area (Å²) in [6.07, 6.45) is 4.65. The van der Waals surface area contributed by atoms with Crippen molar-refractivity contribution in [2.45, 2.75) is 12.8 Å². The third-order valence-electron chi connectivity index (χ3n) is 2.99. The molecule has 0 bridgehead atoms. The number of nitrogens with zero attached hydrogens (tertiary/aromatic N) is 2. The SMILES string of the molecule is C=CCNC(N)=NCC1CCN(S(C)(=O)=O)CC1.I. The van der Waals surface area contributed by atoms with Crippen LogP contribution in [0.2, 0.25) is 0 Å². The molecule has 1 heterocycles. The van der Waals surface area contributed by atoms with Gasteiger partial charge in [0, 0.05) is 26.2 Å². The van der Waals surface area contributed by atoms with Gasteiger partial charge in [0.15, 0.2) is 5.96 Å². The van der Waals surface area contributed by atoms with Crippen LogP contribution >= 0.6 is 24.0 Å². The van der Waals surface area contributed by atoms with Crippen LogP contribution in [-0.2, 0) is 10.0 Å². The Hall–Kier alpha value is -0.350. The summed E-state index contributed by atoms with van der Waals surface area (Å²) in [5.41, 5.74) is 5.66. The lowest BCUT2D eigenvalue weighted by Crippen LogP contribution is -2.39. The minimum Gasteiger partial charge on any atom is -0.370 e. The van der Waals surface area contributed by atoms with E-state index in [1.165, 1.54) is 10.6 Å². The zero-order chi connectivity index (χ0) is 13.6. The van der Waals surface area contributed by atoms with E-state index >= 15 is 0 Å². The van der Waals surface area contributed by atoms with E-state index in [9.17, 15) is 8.42 Å². The number of guanidine groups is 1. The maximum Gasteiger partial charge on any atom is 0.211 e. The molecule has 0 spiro atoms. The highest BCUT2D eigenvalue weighted by Gasteiger charge is 2.24. The van der Waals surface area contributed by atoms with Crippen LogP contribution in [0.5, 0.6) is 0 Å². The molecule has 0 aromatic rings. The molecule has 1 fully saturated rings. The molecule has 1 rings (SSSR count). The summed E-state index contributed by atoms with van der Waals surface area (Å²) in [6, 6.07) is 0. The molecule has 19 heavy (non-hydrogen) atoms. The molecule has 0 aromatic heterocycles. The van der Waals surface area contributed by atoms with Gasteiger partial charge < -0.3 is 11.1 Å². The number of sulfonamides is 1. The fourth-order valence-electron chi connectivity index (χ4n) is 1.88. The van der Waals surface area contributed by atoms with Crippen LogP contribution in [0.1, 0.15) is 12.8 Å². The largest absolute Gasteiger partial charge is 0.370 e. The Morgan fingerprint density at radius 3 is 2.58 bits per heavy atom. The van der Waals surface area contributed by atoms with Crippen molar-refractivity contribution >= 4 is 40.0 Å². The van der Waals surface area contributed by atoms with Crippen molar-refractivity contribution in [3.8, 4) is 0 Å². The number of nitrogens with two attached hydrogens (primary N) is 1. The quantitative estimate of drug-likeness (QED) is 0.301.